The molecular formula is C16H34O5. The fourth-order valence-electron chi connectivity index (χ4n) is 1.44. The van der Waals surface area contributed by atoms with Crippen molar-refractivity contribution >= 4 is 5.97 Å². The largest absolute Gasteiger partial charge is 0.463 e. The van der Waals surface area contributed by atoms with Gasteiger partial charge in [-0.3, -0.25) is 4.79 Å². The van der Waals surface area contributed by atoms with Crippen LogP contribution in [0, 0.1) is 0 Å². The van der Waals surface area contributed by atoms with Crippen LogP contribution in [0.4, 0.5) is 0 Å². The monoisotopic (exact) mass is 306 g/mol. The average molecular weight is 306 g/mol. The number of esters is 1. The third-order valence-electron chi connectivity index (χ3n) is 2.32. The Balaban J connectivity index is 0. The molecule has 0 saturated carbocycles. The minimum Gasteiger partial charge on any atom is -0.463 e. The normalized spacial score (nSPS) is 24.0. The Bertz CT molecular complexity index is 240. The molecule has 0 bridgehead atoms. The molecule has 0 spiro atoms. The topological polar surface area (TPSA) is 65.0 Å². The zero-order chi connectivity index (χ0) is 17.0. The molecule has 128 valence electrons. The van der Waals surface area contributed by atoms with Gasteiger partial charge in [-0.2, -0.15) is 0 Å². The molecule has 1 fully saturated rings. The van der Waals surface area contributed by atoms with Crippen LogP contribution in [0.25, 0.3) is 0 Å². The minimum atomic E-state index is -0.213. The van der Waals surface area contributed by atoms with Crippen molar-refractivity contribution < 1.29 is 24.1 Å². The highest BCUT2D eigenvalue weighted by Gasteiger charge is 2.28. The number of aliphatic hydroxyl groups is 1. The Kier molecular flexibility index (Phi) is 14.1. The van der Waals surface area contributed by atoms with Crippen LogP contribution in [0.5, 0.6) is 0 Å². The summed E-state index contributed by atoms with van der Waals surface area (Å²) in [6.45, 7) is 14.7. The van der Waals surface area contributed by atoms with Crippen LogP contribution in [-0.4, -0.2) is 41.8 Å². The summed E-state index contributed by atoms with van der Waals surface area (Å²) in [5.41, 5.74) is 0. The van der Waals surface area contributed by atoms with Gasteiger partial charge in [-0.15, -0.1) is 0 Å². The summed E-state index contributed by atoms with van der Waals surface area (Å²) in [6.07, 6.45) is 2.62. The molecule has 5 heteroatoms. The van der Waals surface area contributed by atoms with Crippen molar-refractivity contribution in [2.45, 2.75) is 98.9 Å². The van der Waals surface area contributed by atoms with Gasteiger partial charge in [0.05, 0.1) is 18.3 Å². The van der Waals surface area contributed by atoms with Crippen molar-refractivity contribution in [2.75, 3.05) is 0 Å². The molecule has 0 amide bonds. The molecule has 0 aromatic carbocycles. The Morgan fingerprint density at radius 1 is 1.14 bits per heavy atom. The van der Waals surface area contributed by atoms with E-state index in [1.165, 1.54) is 6.92 Å². The number of carbonyl (C=O) groups excluding carboxylic acids is 1. The van der Waals surface area contributed by atoms with Gasteiger partial charge in [-0.05, 0) is 48.0 Å². The van der Waals surface area contributed by atoms with Gasteiger partial charge in [-0.1, -0.05) is 13.3 Å². The van der Waals surface area contributed by atoms with Gasteiger partial charge < -0.3 is 19.3 Å². The van der Waals surface area contributed by atoms with Crippen LogP contribution < -0.4 is 0 Å². The van der Waals surface area contributed by atoms with Crippen molar-refractivity contribution in [1.82, 2.24) is 0 Å². The van der Waals surface area contributed by atoms with Crippen LogP contribution in [0.2, 0.25) is 0 Å². The average Bonchev–Trinajstić information content (AvgIpc) is 2.56. The summed E-state index contributed by atoms with van der Waals surface area (Å²) < 4.78 is 15.6. The fraction of sp³-hybridized carbons (Fsp3) is 0.938. The lowest BCUT2D eigenvalue weighted by molar-refractivity contribution is -0.144. The Labute approximate surface area is 130 Å². The van der Waals surface area contributed by atoms with Crippen LogP contribution in [0.1, 0.15) is 68.2 Å². The van der Waals surface area contributed by atoms with Crippen molar-refractivity contribution in [1.29, 1.82) is 0 Å². The molecule has 1 aliphatic rings. The minimum absolute atomic E-state index is 0.0255. The van der Waals surface area contributed by atoms with E-state index in [0.717, 1.165) is 12.8 Å². The van der Waals surface area contributed by atoms with E-state index in [1.807, 2.05) is 13.8 Å². The van der Waals surface area contributed by atoms with E-state index >= 15 is 0 Å². The van der Waals surface area contributed by atoms with Gasteiger partial charge >= 0.3 is 5.97 Å². The molecule has 2 atom stereocenters. The number of hydrogen-bond donors (Lipinski definition) is 1. The highest BCUT2D eigenvalue weighted by molar-refractivity contribution is 5.66. The standard InChI is InChI=1S/C8H16O2.C5H10O2.C3H8O/c1-4-5-8-9-6(2)7(3)10-8;1-4(2)7-5(3)6;1-3(2)4/h6-8H,4-5H2,1-3H3;4H,1-3H3;3-4H,1-2H3. The Hall–Kier alpha value is -0.650. The second-order valence-corrected chi connectivity index (χ2v) is 5.65. The maximum absolute atomic E-state index is 10.0. The van der Waals surface area contributed by atoms with E-state index in [4.69, 9.17) is 14.6 Å². The lowest BCUT2D eigenvalue weighted by Gasteiger charge is -2.06. The molecule has 1 heterocycles. The molecule has 0 aromatic heterocycles. The SMILES string of the molecule is CC(=O)OC(C)C.CC(C)O.CCCC1OC(C)C(C)O1. The van der Waals surface area contributed by atoms with E-state index in [2.05, 4.69) is 25.5 Å². The third kappa shape index (κ3) is 17.3. The number of aliphatic hydroxyl groups excluding tert-OH is 1. The molecule has 1 rings (SSSR count). The number of hydrogen-bond acceptors (Lipinski definition) is 5. The summed E-state index contributed by atoms with van der Waals surface area (Å²) in [5.74, 6) is -0.213. The molecule has 21 heavy (non-hydrogen) atoms. The molecule has 0 radical (unpaired) electrons. The van der Waals surface area contributed by atoms with Gasteiger partial charge in [0.2, 0.25) is 0 Å². The number of carbonyl (C=O) groups is 1. The summed E-state index contributed by atoms with van der Waals surface area (Å²) in [5, 5.41) is 8.06. The van der Waals surface area contributed by atoms with Crippen molar-refractivity contribution in [3.8, 4) is 0 Å². The van der Waals surface area contributed by atoms with Gasteiger partial charge in [0, 0.05) is 13.0 Å². The lowest BCUT2D eigenvalue weighted by Crippen LogP contribution is -2.13. The van der Waals surface area contributed by atoms with Gasteiger partial charge in [0.15, 0.2) is 6.29 Å². The van der Waals surface area contributed by atoms with Crippen molar-refractivity contribution in [3.63, 3.8) is 0 Å². The van der Waals surface area contributed by atoms with Crippen LogP contribution in [0.15, 0.2) is 0 Å². The molecule has 5 nitrogen and oxygen atoms in total. The predicted molar refractivity (Wildman–Crippen MR) is 84.0 cm³/mol. The molecular weight excluding hydrogens is 272 g/mol. The maximum Gasteiger partial charge on any atom is 0.302 e. The van der Waals surface area contributed by atoms with Crippen LogP contribution in [-0.2, 0) is 19.0 Å². The number of ether oxygens (including phenoxy) is 3. The molecule has 1 aliphatic heterocycles. The maximum atomic E-state index is 10.0. The first-order valence-corrected chi connectivity index (χ1v) is 7.76. The third-order valence-corrected chi connectivity index (χ3v) is 2.32. The lowest BCUT2D eigenvalue weighted by atomic mass is 10.3. The summed E-state index contributed by atoms with van der Waals surface area (Å²) in [4.78, 5) is 10.0. The quantitative estimate of drug-likeness (QED) is 0.811. The fourth-order valence-corrected chi connectivity index (χ4v) is 1.44. The van der Waals surface area contributed by atoms with E-state index in [9.17, 15) is 4.79 Å². The van der Waals surface area contributed by atoms with E-state index < -0.39 is 0 Å². The smallest absolute Gasteiger partial charge is 0.302 e. The van der Waals surface area contributed by atoms with Crippen molar-refractivity contribution in [3.05, 3.63) is 0 Å². The molecule has 0 aromatic rings. The van der Waals surface area contributed by atoms with E-state index in [1.54, 1.807) is 13.8 Å². The predicted octanol–water partition coefficient (Wildman–Crippen LogP) is 3.28. The Morgan fingerprint density at radius 3 is 1.71 bits per heavy atom. The van der Waals surface area contributed by atoms with Gasteiger partial charge in [-0.25, -0.2) is 0 Å². The number of rotatable bonds is 3. The van der Waals surface area contributed by atoms with Crippen molar-refractivity contribution in [2.24, 2.45) is 0 Å². The first kappa shape index (κ1) is 22.6. The van der Waals surface area contributed by atoms with Crippen LogP contribution in [0.3, 0.4) is 0 Å². The first-order chi connectivity index (χ1) is 9.59. The molecule has 0 aliphatic carbocycles. The second-order valence-electron chi connectivity index (χ2n) is 5.65. The molecule has 1 N–H and O–H groups in total. The highest BCUT2D eigenvalue weighted by atomic mass is 16.7. The summed E-state index contributed by atoms with van der Waals surface area (Å²) in [7, 11) is 0. The Morgan fingerprint density at radius 2 is 1.52 bits per heavy atom. The molecule has 2 unspecified atom stereocenters. The van der Waals surface area contributed by atoms with E-state index in [0.29, 0.717) is 0 Å². The summed E-state index contributed by atoms with van der Waals surface area (Å²) in [6, 6.07) is 0. The van der Waals surface area contributed by atoms with Crippen LogP contribution >= 0.6 is 0 Å². The first-order valence-electron chi connectivity index (χ1n) is 7.76. The van der Waals surface area contributed by atoms with Gasteiger partial charge in [0.25, 0.3) is 0 Å². The highest BCUT2D eigenvalue weighted by Crippen LogP contribution is 2.20. The van der Waals surface area contributed by atoms with Gasteiger partial charge in [0.1, 0.15) is 0 Å². The zero-order valence-corrected chi connectivity index (χ0v) is 14.9. The molecule has 1 saturated heterocycles. The van der Waals surface area contributed by atoms with E-state index in [-0.39, 0.29) is 36.7 Å². The summed E-state index contributed by atoms with van der Waals surface area (Å²) >= 11 is 0. The second kappa shape index (κ2) is 13.0. The zero-order valence-electron chi connectivity index (χ0n) is 14.9.